The van der Waals surface area contributed by atoms with Gasteiger partial charge in [-0.05, 0) is 0 Å². The van der Waals surface area contributed by atoms with Gasteiger partial charge in [0.1, 0.15) is 0 Å². The fourth-order valence-corrected chi connectivity index (χ4v) is 1.59. The number of nitrogens with zero attached hydrogens (tertiary/aromatic N) is 5. The Morgan fingerprint density at radius 1 is 1.00 bits per heavy atom. The van der Waals surface area contributed by atoms with Gasteiger partial charge >= 0.3 is 0 Å². The molecule has 0 N–H and O–H groups in total. The van der Waals surface area contributed by atoms with E-state index in [9.17, 15) is 0 Å². The van der Waals surface area contributed by atoms with E-state index < -0.39 is 0 Å². The lowest BCUT2D eigenvalue weighted by Crippen LogP contribution is -2.49. The average Bonchev–Trinajstić information content (AvgIpc) is 2.18. The van der Waals surface area contributed by atoms with Crippen LogP contribution in [-0.4, -0.2) is 42.6 Å². The summed E-state index contributed by atoms with van der Waals surface area (Å²) in [7, 11) is 0. The summed E-state index contributed by atoms with van der Waals surface area (Å²) in [5, 5.41) is 25.9. The van der Waals surface area contributed by atoms with Gasteiger partial charge in [-0.25, -0.2) is 0 Å². The number of rotatable bonds is 2. The molecule has 1 aliphatic heterocycles. The van der Waals surface area contributed by atoms with Crippen molar-refractivity contribution in [2.75, 3.05) is 32.8 Å². The molecule has 14 heavy (non-hydrogen) atoms. The minimum Gasteiger partial charge on any atom is -0.276 e. The second-order valence-corrected chi connectivity index (χ2v) is 3.31. The summed E-state index contributed by atoms with van der Waals surface area (Å²) in [6.45, 7) is 2.51. The van der Waals surface area contributed by atoms with Crippen molar-refractivity contribution in [3.8, 4) is 18.2 Å². The van der Waals surface area contributed by atoms with Gasteiger partial charge in [0.15, 0.2) is 0 Å². The van der Waals surface area contributed by atoms with Gasteiger partial charge in [0, 0.05) is 13.1 Å². The molecular weight excluding hydrogens is 178 g/mol. The Kier molecular flexibility index (Phi) is 3.88. The topological polar surface area (TPSA) is 77.8 Å². The molecule has 1 aliphatic rings. The van der Waals surface area contributed by atoms with Crippen LogP contribution >= 0.6 is 0 Å². The highest BCUT2D eigenvalue weighted by Crippen LogP contribution is 2.10. The van der Waals surface area contributed by atoms with Crippen LogP contribution in [0.5, 0.6) is 0 Å². The van der Waals surface area contributed by atoms with Crippen molar-refractivity contribution in [3.63, 3.8) is 0 Å². The monoisotopic (exact) mass is 189 g/mol. The second kappa shape index (κ2) is 5.19. The zero-order chi connectivity index (χ0) is 10.4. The van der Waals surface area contributed by atoms with E-state index in [-0.39, 0.29) is 5.92 Å². The molecule has 0 aromatic heterocycles. The van der Waals surface area contributed by atoms with E-state index in [1.54, 1.807) is 0 Å². The fourth-order valence-electron chi connectivity index (χ4n) is 1.59. The van der Waals surface area contributed by atoms with Gasteiger partial charge < -0.3 is 0 Å². The molecule has 1 rings (SSSR count). The van der Waals surface area contributed by atoms with Crippen LogP contribution in [0.3, 0.4) is 0 Å². The third-order valence-corrected chi connectivity index (χ3v) is 2.13. The first-order chi connectivity index (χ1) is 6.80. The van der Waals surface area contributed by atoms with Crippen molar-refractivity contribution in [1.29, 1.82) is 15.8 Å². The van der Waals surface area contributed by atoms with Crippen LogP contribution < -0.4 is 0 Å². The lowest BCUT2D eigenvalue weighted by molar-refractivity contribution is 0.0854. The molecule has 1 heterocycles. The van der Waals surface area contributed by atoms with Gasteiger partial charge in [-0.2, -0.15) is 15.8 Å². The molecule has 0 aromatic rings. The van der Waals surface area contributed by atoms with Gasteiger partial charge in [-0.1, -0.05) is 0 Å². The molecule has 0 atom stereocenters. The minimum absolute atomic E-state index is 0.0922. The van der Waals surface area contributed by atoms with Crippen molar-refractivity contribution >= 4 is 0 Å². The van der Waals surface area contributed by atoms with Crippen LogP contribution in [-0.2, 0) is 0 Å². The Hall–Kier alpha value is -1.61. The molecule has 0 aromatic carbocycles. The molecule has 0 spiro atoms. The van der Waals surface area contributed by atoms with E-state index in [4.69, 9.17) is 15.8 Å². The largest absolute Gasteiger partial charge is 0.276 e. The molecule has 72 valence electrons. The Bertz CT molecular complexity index is 281. The Morgan fingerprint density at radius 2 is 1.50 bits per heavy atom. The molecule has 0 saturated carbocycles. The summed E-state index contributed by atoms with van der Waals surface area (Å²) in [5.74, 6) is -0.0922. The Morgan fingerprint density at radius 3 is 1.86 bits per heavy atom. The molecule has 1 saturated heterocycles. The maximum atomic E-state index is 8.79. The highest BCUT2D eigenvalue weighted by Gasteiger charge is 2.24. The number of hydrogen-bond donors (Lipinski definition) is 0. The first-order valence-corrected chi connectivity index (χ1v) is 4.38. The SMILES string of the molecule is N#CCN1CC(C#N)CN(CC#N)C1. The van der Waals surface area contributed by atoms with Crippen LogP contribution in [0.4, 0.5) is 0 Å². The maximum Gasteiger partial charge on any atom is 0.0876 e. The van der Waals surface area contributed by atoms with Crippen LogP contribution in [0.15, 0.2) is 0 Å². The van der Waals surface area contributed by atoms with Crippen molar-refractivity contribution in [2.24, 2.45) is 5.92 Å². The fraction of sp³-hybridized carbons (Fsp3) is 0.667. The Labute approximate surface area is 83.4 Å². The van der Waals surface area contributed by atoms with E-state index in [0.717, 1.165) is 0 Å². The van der Waals surface area contributed by atoms with E-state index in [1.165, 1.54) is 0 Å². The van der Waals surface area contributed by atoms with E-state index >= 15 is 0 Å². The summed E-state index contributed by atoms with van der Waals surface area (Å²) in [6, 6.07) is 6.28. The van der Waals surface area contributed by atoms with Gasteiger partial charge in [0.25, 0.3) is 0 Å². The molecule has 0 bridgehead atoms. The van der Waals surface area contributed by atoms with Crippen molar-refractivity contribution < 1.29 is 0 Å². The quantitative estimate of drug-likeness (QED) is 0.560. The van der Waals surface area contributed by atoms with Crippen LogP contribution in [0, 0.1) is 39.9 Å². The molecule has 0 amide bonds. The Balaban J connectivity index is 2.54. The molecule has 0 unspecified atom stereocenters. The van der Waals surface area contributed by atoms with Crippen molar-refractivity contribution in [1.82, 2.24) is 9.80 Å². The molecular formula is C9H11N5. The van der Waals surface area contributed by atoms with Crippen LogP contribution in [0.25, 0.3) is 0 Å². The molecule has 0 radical (unpaired) electrons. The first-order valence-electron chi connectivity index (χ1n) is 4.38. The number of nitriles is 3. The third kappa shape index (κ3) is 2.71. The highest BCUT2D eigenvalue weighted by atomic mass is 15.3. The molecule has 5 heteroatoms. The first kappa shape index (κ1) is 10.5. The summed E-state index contributed by atoms with van der Waals surface area (Å²) in [6.07, 6.45) is 0. The molecule has 1 fully saturated rings. The highest BCUT2D eigenvalue weighted by molar-refractivity contribution is 4.94. The lowest BCUT2D eigenvalue weighted by Gasteiger charge is -2.35. The summed E-state index contributed by atoms with van der Waals surface area (Å²) in [4.78, 5) is 3.77. The van der Waals surface area contributed by atoms with Gasteiger partial charge in [0.2, 0.25) is 0 Å². The van der Waals surface area contributed by atoms with Crippen molar-refractivity contribution in [3.05, 3.63) is 0 Å². The van der Waals surface area contributed by atoms with Crippen molar-refractivity contribution in [2.45, 2.75) is 0 Å². The maximum absolute atomic E-state index is 8.79. The lowest BCUT2D eigenvalue weighted by atomic mass is 10.1. The third-order valence-electron chi connectivity index (χ3n) is 2.13. The summed E-state index contributed by atoms with van der Waals surface area (Å²) >= 11 is 0. The average molecular weight is 189 g/mol. The molecule has 5 nitrogen and oxygen atoms in total. The zero-order valence-corrected chi connectivity index (χ0v) is 7.85. The molecule has 0 aliphatic carbocycles. The zero-order valence-electron chi connectivity index (χ0n) is 7.85. The van der Waals surface area contributed by atoms with Crippen LogP contribution in [0.2, 0.25) is 0 Å². The van der Waals surface area contributed by atoms with Gasteiger partial charge in [-0.15, -0.1) is 0 Å². The summed E-state index contributed by atoms with van der Waals surface area (Å²) in [5.41, 5.74) is 0. The van der Waals surface area contributed by atoms with Crippen LogP contribution in [0.1, 0.15) is 0 Å². The predicted octanol–water partition coefficient (Wildman–Crippen LogP) is -0.252. The van der Waals surface area contributed by atoms with E-state index in [0.29, 0.717) is 32.8 Å². The van der Waals surface area contributed by atoms with Gasteiger partial charge in [-0.3, -0.25) is 9.80 Å². The number of hydrogen-bond acceptors (Lipinski definition) is 5. The normalized spacial score (nSPS) is 19.5. The van der Waals surface area contributed by atoms with Gasteiger partial charge in [0.05, 0.1) is 43.9 Å². The minimum atomic E-state index is -0.0922. The standard InChI is InChI=1S/C9H11N5/c10-1-3-13-6-9(5-12)7-14(8-13)4-2-11/h9H,3-4,6-8H2. The second-order valence-electron chi connectivity index (χ2n) is 3.31. The van der Waals surface area contributed by atoms with E-state index in [1.807, 2.05) is 9.80 Å². The summed E-state index contributed by atoms with van der Waals surface area (Å²) < 4.78 is 0. The smallest absolute Gasteiger partial charge is 0.0876 e. The predicted molar refractivity (Wildman–Crippen MR) is 48.3 cm³/mol. The van der Waals surface area contributed by atoms with E-state index in [2.05, 4.69) is 18.2 Å².